The largest absolute Gasteiger partial charge is 0.506 e. The predicted molar refractivity (Wildman–Crippen MR) is 77.5 cm³/mol. The van der Waals surface area contributed by atoms with Gasteiger partial charge < -0.3 is 15.0 Å². The van der Waals surface area contributed by atoms with Crippen molar-refractivity contribution in [2.24, 2.45) is 0 Å². The van der Waals surface area contributed by atoms with Crippen LogP contribution in [0.4, 0.5) is 18.9 Å². The number of rotatable bonds is 3. The molecule has 1 heterocycles. The molecule has 0 saturated heterocycles. The summed E-state index contributed by atoms with van der Waals surface area (Å²) in [6, 6.07) is 6.30. The summed E-state index contributed by atoms with van der Waals surface area (Å²) in [6.45, 7) is -0.684. The van der Waals surface area contributed by atoms with Crippen molar-refractivity contribution >= 4 is 23.2 Å². The van der Waals surface area contributed by atoms with Gasteiger partial charge >= 0.3 is 6.18 Å². The number of para-hydroxylation sites is 2. The number of nitrogens with one attached hydrogen (secondary N) is 1. The van der Waals surface area contributed by atoms with Crippen LogP contribution < -0.4 is 10.9 Å². The molecule has 0 aliphatic carbocycles. The van der Waals surface area contributed by atoms with Crippen molar-refractivity contribution < 1.29 is 23.1 Å². The van der Waals surface area contributed by atoms with Crippen molar-refractivity contribution in [2.75, 3.05) is 5.32 Å². The molecule has 0 spiro atoms. The third kappa shape index (κ3) is 4.04. The van der Waals surface area contributed by atoms with Gasteiger partial charge in [0.15, 0.2) is 0 Å². The third-order valence-electron chi connectivity index (χ3n) is 2.86. The molecule has 9 heteroatoms. The van der Waals surface area contributed by atoms with E-state index in [2.05, 4.69) is 5.32 Å². The molecule has 1 aromatic carbocycles. The summed E-state index contributed by atoms with van der Waals surface area (Å²) in [5, 5.41) is 11.2. The van der Waals surface area contributed by atoms with Gasteiger partial charge in [-0.25, -0.2) is 0 Å². The maximum Gasteiger partial charge on any atom is 0.417 e. The zero-order valence-corrected chi connectivity index (χ0v) is 12.1. The molecule has 0 fully saturated rings. The number of carbonyl (C=O) groups is 1. The first kappa shape index (κ1) is 16.9. The fraction of sp³-hybridized carbons (Fsp3) is 0.143. The summed E-state index contributed by atoms with van der Waals surface area (Å²) < 4.78 is 38.7. The van der Waals surface area contributed by atoms with Crippen LogP contribution >= 0.6 is 11.6 Å². The minimum absolute atomic E-state index is 0.0728. The van der Waals surface area contributed by atoms with Gasteiger partial charge in [0.1, 0.15) is 17.3 Å². The Balaban J connectivity index is 2.26. The molecular weight excluding hydrogens is 337 g/mol. The Morgan fingerprint density at radius 3 is 2.57 bits per heavy atom. The summed E-state index contributed by atoms with van der Waals surface area (Å²) in [6.07, 6.45) is -4.19. The van der Waals surface area contributed by atoms with Gasteiger partial charge in [-0.05, 0) is 18.2 Å². The van der Waals surface area contributed by atoms with E-state index in [1.54, 1.807) is 6.07 Å². The van der Waals surface area contributed by atoms with Crippen molar-refractivity contribution in [3.63, 3.8) is 0 Å². The topological polar surface area (TPSA) is 71.3 Å². The Bertz CT molecular complexity index is 803. The van der Waals surface area contributed by atoms with Crippen LogP contribution in [0.2, 0.25) is 5.02 Å². The second-order valence-electron chi connectivity index (χ2n) is 4.57. The number of alkyl halides is 3. The Morgan fingerprint density at radius 2 is 1.96 bits per heavy atom. The number of pyridine rings is 1. The number of phenols is 1. The van der Waals surface area contributed by atoms with E-state index in [0.717, 1.165) is 0 Å². The Morgan fingerprint density at radius 1 is 1.30 bits per heavy atom. The standard InChI is InChI=1S/C14H10ClF3N2O3/c15-9-5-8(14(16,17)18)6-20(13(9)23)7-12(22)19-10-3-1-2-4-11(10)21/h1-6,21H,7H2,(H,19,22). The second kappa shape index (κ2) is 6.33. The first-order valence-electron chi connectivity index (χ1n) is 6.23. The number of benzene rings is 1. The van der Waals surface area contributed by atoms with Crippen molar-refractivity contribution in [1.82, 2.24) is 4.57 Å². The van der Waals surface area contributed by atoms with Gasteiger partial charge in [0.25, 0.3) is 5.56 Å². The van der Waals surface area contributed by atoms with Gasteiger partial charge in [-0.1, -0.05) is 23.7 Å². The molecule has 2 rings (SSSR count). The molecule has 23 heavy (non-hydrogen) atoms. The first-order chi connectivity index (χ1) is 10.7. The van der Waals surface area contributed by atoms with Gasteiger partial charge in [-0.3, -0.25) is 9.59 Å². The number of aromatic nitrogens is 1. The van der Waals surface area contributed by atoms with Crippen LogP contribution in [-0.4, -0.2) is 15.6 Å². The molecule has 1 aromatic heterocycles. The fourth-order valence-corrected chi connectivity index (χ4v) is 2.02. The highest BCUT2D eigenvalue weighted by Crippen LogP contribution is 2.29. The van der Waals surface area contributed by atoms with Crippen molar-refractivity contribution in [3.05, 3.63) is 57.5 Å². The molecule has 0 saturated carbocycles. The van der Waals surface area contributed by atoms with E-state index >= 15 is 0 Å². The van der Waals surface area contributed by atoms with Crippen LogP contribution in [0.15, 0.2) is 41.3 Å². The van der Waals surface area contributed by atoms with E-state index in [0.29, 0.717) is 16.8 Å². The summed E-state index contributed by atoms with van der Waals surface area (Å²) in [5.74, 6) is -1.00. The number of carbonyl (C=O) groups excluding carboxylic acids is 1. The summed E-state index contributed by atoms with van der Waals surface area (Å²) >= 11 is 5.49. The number of anilines is 1. The number of amides is 1. The fourth-order valence-electron chi connectivity index (χ4n) is 1.80. The lowest BCUT2D eigenvalue weighted by atomic mass is 10.2. The molecule has 0 radical (unpaired) electrons. The molecule has 0 aliphatic rings. The van der Waals surface area contributed by atoms with Crippen molar-refractivity contribution in [2.45, 2.75) is 12.7 Å². The van der Waals surface area contributed by atoms with E-state index in [4.69, 9.17) is 11.6 Å². The number of hydrogen-bond donors (Lipinski definition) is 2. The number of halogens is 4. The van der Waals surface area contributed by atoms with Gasteiger partial charge in [-0.2, -0.15) is 13.2 Å². The molecule has 0 aliphatic heterocycles. The Hall–Kier alpha value is -2.48. The maximum absolute atomic E-state index is 12.7. The normalized spacial score (nSPS) is 11.3. The predicted octanol–water partition coefficient (Wildman–Crippen LogP) is 2.86. The number of aromatic hydroxyl groups is 1. The van der Waals surface area contributed by atoms with Crippen LogP contribution in [0.25, 0.3) is 0 Å². The molecule has 1 amide bonds. The van der Waals surface area contributed by atoms with Gasteiger partial charge in [0.2, 0.25) is 5.91 Å². The number of hydrogen-bond acceptors (Lipinski definition) is 3. The maximum atomic E-state index is 12.7. The number of nitrogens with zero attached hydrogens (tertiary/aromatic N) is 1. The van der Waals surface area contributed by atoms with Crippen molar-refractivity contribution in [1.29, 1.82) is 0 Å². The second-order valence-corrected chi connectivity index (χ2v) is 4.98. The van der Waals surface area contributed by atoms with Crippen LogP contribution in [0.5, 0.6) is 5.75 Å². The Kier molecular flexibility index (Phi) is 4.65. The molecule has 0 bridgehead atoms. The summed E-state index contributed by atoms with van der Waals surface area (Å²) in [4.78, 5) is 23.6. The number of phenolic OH excluding ortho intramolecular Hbond substituents is 1. The molecular formula is C14H10ClF3N2O3. The van der Waals surface area contributed by atoms with Gasteiger partial charge in [-0.15, -0.1) is 0 Å². The van der Waals surface area contributed by atoms with E-state index in [1.807, 2.05) is 0 Å². The quantitative estimate of drug-likeness (QED) is 0.839. The zero-order chi connectivity index (χ0) is 17.2. The van der Waals surface area contributed by atoms with Crippen LogP contribution in [0.3, 0.4) is 0 Å². The lowest BCUT2D eigenvalue weighted by Gasteiger charge is -2.12. The van der Waals surface area contributed by atoms with E-state index < -0.39 is 34.8 Å². The third-order valence-corrected chi connectivity index (χ3v) is 3.13. The highest BCUT2D eigenvalue weighted by molar-refractivity contribution is 6.30. The zero-order valence-electron chi connectivity index (χ0n) is 11.4. The molecule has 0 unspecified atom stereocenters. The molecule has 5 nitrogen and oxygen atoms in total. The average molecular weight is 347 g/mol. The molecule has 2 N–H and O–H groups in total. The van der Waals surface area contributed by atoms with Crippen LogP contribution in [-0.2, 0) is 17.5 Å². The highest BCUT2D eigenvalue weighted by Gasteiger charge is 2.32. The SMILES string of the molecule is O=C(Cn1cc(C(F)(F)F)cc(Cl)c1=O)Nc1ccccc1O. The van der Waals surface area contributed by atoms with E-state index in [-0.39, 0.29) is 11.4 Å². The highest BCUT2D eigenvalue weighted by atomic mass is 35.5. The first-order valence-corrected chi connectivity index (χ1v) is 6.61. The van der Waals surface area contributed by atoms with Gasteiger partial charge in [0, 0.05) is 6.20 Å². The Labute approximate surface area is 132 Å². The minimum Gasteiger partial charge on any atom is -0.506 e. The van der Waals surface area contributed by atoms with Crippen LogP contribution in [0.1, 0.15) is 5.56 Å². The van der Waals surface area contributed by atoms with E-state index in [1.165, 1.54) is 18.2 Å². The average Bonchev–Trinajstić information content (AvgIpc) is 2.45. The molecule has 122 valence electrons. The molecule has 0 atom stereocenters. The lowest BCUT2D eigenvalue weighted by molar-refractivity contribution is -0.138. The van der Waals surface area contributed by atoms with Crippen LogP contribution in [0, 0.1) is 0 Å². The smallest absolute Gasteiger partial charge is 0.417 e. The molecule has 2 aromatic rings. The summed E-state index contributed by atoms with van der Waals surface area (Å²) in [5.41, 5.74) is -1.99. The summed E-state index contributed by atoms with van der Waals surface area (Å²) in [7, 11) is 0. The van der Waals surface area contributed by atoms with E-state index in [9.17, 15) is 27.9 Å². The minimum atomic E-state index is -4.70. The lowest BCUT2D eigenvalue weighted by Crippen LogP contribution is -2.29. The van der Waals surface area contributed by atoms with Gasteiger partial charge in [0.05, 0.1) is 11.3 Å². The monoisotopic (exact) mass is 346 g/mol. The van der Waals surface area contributed by atoms with Crippen molar-refractivity contribution in [3.8, 4) is 5.75 Å².